The second-order valence-corrected chi connectivity index (χ2v) is 6.11. The Morgan fingerprint density at radius 2 is 1.95 bits per heavy atom. The molecule has 7 heteroatoms. The molecule has 0 aliphatic rings. The summed E-state index contributed by atoms with van der Waals surface area (Å²) in [6.45, 7) is 2.13. The third-order valence-corrected chi connectivity index (χ3v) is 4.55. The van der Waals surface area contributed by atoms with Gasteiger partial charge < -0.3 is 10.7 Å². The Morgan fingerprint density at radius 1 is 1.32 bits per heavy atom. The maximum atomic E-state index is 12.3. The third kappa shape index (κ3) is 2.61. The zero-order chi connectivity index (χ0) is 14.0. The largest absolute Gasteiger partial charge is 0.332 e. The van der Waals surface area contributed by atoms with Crippen LogP contribution in [0.5, 0.6) is 0 Å². The molecule has 6 nitrogen and oxygen atoms in total. The van der Waals surface area contributed by atoms with E-state index in [-0.39, 0.29) is 5.03 Å². The molecular weight excluding hydrogens is 264 g/mol. The first kappa shape index (κ1) is 13.6. The summed E-state index contributed by atoms with van der Waals surface area (Å²) < 4.78 is 25.9. The molecule has 0 fully saturated rings. The lowest BCUT2D eigenvalue weighted by molar-refractivity contribution is 0.591. The number of hydrogen-bond donors (Lipinski definition) is 2. The van der Waals surface area contributed by atoms with Gasteiger partial charge in [-0.25, -0.2) is 4.98 Å². The molecule has 2 rings (SSSR count). The molecule has 1 aromatic carbocycles. The molecule has 0 bridgehead atoms. The summed E-state index contributed by atoms with van der Waals surface area (Å²) in [4.78, 5) is 6.64. The van der Waals surface area contributed by atoms with Crippen molar-refractivity contribution in [2.45, 2.75) is 18.5 Å². The van der Waals surface area contributed by atoms with Crippen molar-refractivity contribution in [3.63, 3.8) is 0 Å². The normalized spacial score (nSPS) is 11.5. The molecule has 0 aliphatic heterocycles. The number of nitrogens with zero attached hydrogens (tertiary/aromatic N) is 2. The minimum atomic E-state index is -3.61. The zero-order valence-electron chi connectivity index (χ0n) is 10.8. The molecular formula is C12H16N4O2S. The summed E-state index contributed by atoms with van der Waals surface area (Å²) in [7, 11) is -2.10. The van der Waals surface area contributed by atoms with Crippen LogP contribution in [0.15, 0.2) is 35.5 Å². The van der Waals surface area contributed by atoms with Crippen LogP contribution >= 0.6 is 0 Å². The quantitative estimate of drug-likeness (QED) is 0.874. The number of rotatable bonds is 4. The summed E-state index contributed by atoms with van der Waals surface area (Å²) >= 11 is 0. The van der Waals surface area contributed by atoms with Crippen LogP contribution in [-0.4, -0.2) is 25.4 Å². The molecule has 3 N–H and O–H groups in total. The lowest BCUT2D eigenvalue weighted by Gasteiger charge is -2.18. The third-order valence-electron chi connectivity index (χ3n) is 2.85. The van der Waals surface area contributed by atoms with Gasteiger partial charge in [-0.2, -0.15) is 8.42 Å². The van der Waals surface area contributed by atoms with Crippen LogP contribution in [0.2, 0.25) is 0 Å². The van der Waals surface area contributed by atoms with Crippen molar-refractivity contribution in [3.8, 4) is 0 Å². The Balaban J connectivity index is 2.34. The summed E-state index contributed by atoms with van der Waals surface area (Å²) in [5.74, 6) is 0.561. The van der Waals surface area contributed by atoms with Gasteiger partial charge in [0.15, 0.2) is 5.03 Å². The number of anilines is 1. The van der Waals surface area contributed by atoms with E-state index in [1.807, 2.05) is 0 Å². The van der Waals surface area contributed by atoms with Gasteiger partial charge in [0.25, 0.3) is 10.0 Å². The van der Waals surface area contributed by atoms with Gasteiger partial charge in [0.1, 0.15) is 5.82 Å². The predicted octanol–water partition coefficient (Wildman–Crippen LogP) is 1.00. The van der Waals surface area contributed by atoms with E-state index in [2.05, 4.69) is 9.97 Å². The summed E-state index contributed by atoms with van der Waals surface area (Å²) in [5, 5.41) is 0.0791. The molecule has 0 unspecified atom stereocenters. The molecule has 102 valence electrons. The Labute approximate surface area is 112 Å². The van der Waals surface area contributed by atoms with Crippen molar-refractivity contribution < 1.29 is 8.42 Å². The maximum absolute atomic E-state index is 12.3. The highest BCUT2D eigenvalue weighted by molar-refractivity contribution is 7.92. The van der Waals surface area contributed by atoms with Gasteiger partial charge in [-0.05, 0) is 24.6 Å². The lowest BCUT2D eigenvalue weighted by Crippen LogP contribution is -2.26. The highest BCUT2D eigenvalue weighted by Crippen LogP contribution is 2.21. The fourth-order valence-electron chi connectivity index (χ4n) is 1.66. The molecule has 0 atom stereocenters. The molecule has 0 saturated heterocycles. The van der Waals surface area contributed by atoms with E-state index in [0.29, 0.717) is 18.1 Å². The molecule has 19 heavy (non-hydrogen) atoms. The maximum Gasteiger partial charge on any atom is 0.281 e. The average Bonchev–Trinajstić information content (AvgIpc) is 2.85. The zero-order valence-corrected chi connectivity index (χ0v) is 11.6. The van der Waals surface area contributed by atoms with Crippen molar-refractivity contribution in [1.29, 1.82) is 0 Å². The molecule has 0 radical (unpaired) electrons. The summed E-state index contributed by atoms with van der Waals surface area (Å²) in [6, 6.07) is 7.06. The monoisotopic (exact) mass is 280 g/mol. The van der Waals surface area contributed by atoms with Gasteiger partial charge in [0.2, 0.25) is 0 Å². The van der Waals surface area contributed by atoms with E-state index < -0.39 is 10.0 Å². The fraction of sp³-hybridized carbons (Fsp3) is 0.250. The predicted molar refractivity (Wildman–Crippen MR) is 73.2 cm³/mol. The SMILES string of the molecule is Cc1ncc(S(=O)(=O)N(C)c2ccc(CN)cc2)[nH]1. The number of nitrogens with two attached hydrogens (primary N) is 1. The van der Waals surface area contributed by atoms with Crippen molar-refractivity contribution in [2.24, 2.45) is 5.73 Å². The van der Waals surface area contributed by atoms with Gasteiger partial charge in [-0.1, -0.05) is 12.1 Å². The Morgan fingerprint density at radius 3 is 2.42 bits per heavy atom. The fourth-order valence-corrected chi connectivity index (χ4v) is 2.81. The Hall–Kier alpha value is -1.86. The van der Waals surface area contributed by atoms with Gasteiger partial charge in [-0.3, -0.25) is 4.31 Å². The van der Waals surface area contributed by atoms with Gasteiger partial charge in [0.05, 0.1) is 11.9 Å². The smallest absolute Gasteiger partial charge is 0.281 e. The number of H-pyrrole nitrogens is 1. The first-order valence-corrected chi connectivity index (χ1v) is 7.18. The van der Waals surface area contributed by atoms with Crippen LogP contribution in [0.4, 0.5) is 5.69 Å². The van der Waals surface area contributed by atoms with E-state index in [1.165, 1.54) is 17.5 Å². The van der Waals surface area contributed by atoms with Crippen molar-refractivity contribution in [1.82, 2.24) is 9.97 Å². The molecule has 2 aromatic rings. The van der Waals surface area contributed by atoms with Gasteiger partial charge in [-0.15, -0.1) is 0 Å². The van der Waals surface area contributed by atoms with Crippen LogP contribution in [0, 0.1) is 6.92 Å². The van der Waals surface area contributed by atoms with Crippen molar-refractivity contribution in [2.75, 3.05) is 11.4 Å². The number of sulfonamides is 1. The van der Waals surface area contributed by atoms with E-state index in [1.54, 1.807) is 31.2 Å². The van der Waals surface area contributed by atoms with E-state index in [4.69, 9.17) is 5.73 Å². The Kier molecular flexibility index (Phi) is 3.59. The highest BCUT2D eigenvalue weighted by atomic mass is 32.2. The van der Waals surface area contributed by atoms with E-state index in [0.717, 1.165) is 5.56 Å². The average molecular weight is 280 g/mol. The second-order valence-electron chi connectivity index (χ2n) is 4.18. The van der Waals surface area contributed by atoms with Crippen LogP contribution in [-0.2, 0) is 16.6 Å². The number of nitrogens with one attached hydrogen (secondary N) is 1. The van der Waals surface area contributed by atoms with Gasteiger partial charge in [0, 0.05) is 13.6 Å². The molecule has 0 aliphatic carbocycles. The number of aromatic amines is 1. The van der Waals surface area contributed by atoms with Crippen LogP contribution in [0.3, 0.4) is 0 Å². The number of imidazole rings is 1. The number of aryl methyl sites for hydroxylation is 1. The lowest BCUT2D eigenvalue weighted by atomic mass is 10.2. The molecule has 0 amide bonds. The Bertz CT molecular complexity index is 661. The standard InChI is InChI=1S/C12H16N4O2S/c1-9-14-8-12(15-9)19(17,18)16(2)11-5-3-10(7-13)4-6-11/h3-6,8H,7,13H2,1-2H3,(H,14,15). The molecule has 1 aromatic heterocycles. The van der Waals surface area contributed by atoms with Crippen molar-refractivity contribution >= 4 is 15.7 Å². The van der Waals surface area contributed by atoms with Crippen LogP contribution in [0.1, 0.15) is 11.4 Å². The first-order valence-electron chi connectivity index (χ1n) is 5.74. The number of aromatic nitrogens is 2. The van der Waals surface area contributed by atoms with Crippen molar-refractivity contribution in [3.05, 3.63) is 41.9 Å². The topological polar surface area (TPSA) is 92.1 Å². The highest BCUT2D eigenvalue weighted by Gasteiger charge is 2.23. The second kappa shape index (κ2) is 5.02. The molecule has 1 heterocycles. The summed E-state index contributed by atoms with van der Waals surface area (Å²) in [5.41, 5.74) is 7.03. The van der Waals surface area contributed by atoms with E-state index in [9.17, 15) is 8.42 Å². The molecule has 0 spiro atoms. The van der Waals surface area contributed by atoms with Gasteiger partial charge >= 0.3 is 0 Å². The van der Waals surface area contributed by atoms with Crippen LogP contribution in [0.25, 0.3) is 0 Å². The first-order chi connectivity index (χ1) is 8.95. The number of hydrogen-bond acceptors (Lipinski definition) is 4. The minimum Gasteiger partial charge on any atom is -0.332 e. The van der Waals surface area contributed by atoms with Crippen LogP contribution < -0.4 is 10.0 Å². The molecule has 0 saturated carbocycles. The minimum absolute atomic E-state index is 0.0791. The van der Waals surface area contributed by atoms with E-state index >= 15 is 0 Å². The number of benzene rings is 1. The summed E-state index contributed by atoms with van der Waals surface area (Å²) in [6.07, 6.45) is 1.31.